The Kier molecular flexibility index (Phi) is 8.95. The van der Waals surface area contributed by atoms with Crippen molar-refractivity contribution in [3.05, 3.63) is 88.0 Å². The first kappa shape index (κ1) is 29.6. The number of carboxylic acid groups (broad SMARTS) is 1. The van der Waals surface area contributed by atoms with Crippen LogP contribution in [0.15, 0.2) is 76.4 Å². The summed E-state index contributed by atoms with van der Waals surface area (Å²) in [7, 11) is 1.47. The number of rotatable bonds is 10. The quantitative estimate of drug-likeness (QED) is 0.237. The monoisotopic (exact) mass is 579 g/mol. The zero-order chi connectivity index (χ0) is 29.7. The molecule has 0 bridgehead atoms. The number of carbonyl (C=O) groups is 2. The molecule has 10 nitrogen and oxygen atoms in total. The zero-order valence-electron chi connectivity index (χ0n) is 23.0. The lowest BCUT2D eigenvalue weighted by Gasteiger charge is -2.24. The van der Waals surface area contributed by atoms with E-state index in [-0.39, 0.29) is 18.6 Å². The molecular formula is C30H30ClN3O7. The first-order chi connectivity index (χ1) is 19.5. The lowest BCUT2D eigenvalue weighted by atomic mass is 9.97. The fraction of sp³-hybridized carbons (Fsp3) is 0.267. The molecule has 0 saturated heterocycles. The smallest absolute Gasteiger partial charge is 0.335 e. The molecule has 0 radical (unpaired) electrons. The van der Waals surface area contributed by atoms with E-state index in [4.69, 9.17) is 30.7 Å². The number of aromatic carboxylic acids is 1. The predicted octanol–water partition coefficient (Wildman–Crippen LogP) is 5.92. The second-order valence-electron chi connectivity index (χ2n) is 10.2. The molecule has 11 heteroatoms. The van der Waals surface area contributed by atoms with Crippen LogP contribution in [-0.4, -0.2) is 46.0 Å². The van der Waals surface area contributed by atoms with Crippen LogP contribution >= 0.6 is 11.6 Å². The maximum atomic E-state index is 13.6. The summed E-state index contributed by atoms with van der Waals surface area (Å²) >= 11 is 6.32. The van der Waals surface area contributed by atoms with Gasteiger partial charge in [0.1, 0.15) is 23.7 Å². The molecule has 0 spiro atoms. The molecule has 2 aromatic carbocycles. The Balaban J connectivity index is 1.75. The summed E-state index contributed by atoms with van der Waals surface area (Å²) in [6.45, 7) is 5.88. The number of pyridine rings is 1. The van der Waals surface area contributed by atoms with Crippen LogP contribution in [0.2, 0.25) is 5.02 Å². The molecule has 1 amide bonds. The van der Waals surface area contributed by atoms with Gasteiger partial charge in [-0.05, 0) is 62.7 Å². The number of carboxylic acids is 1. The molecule has 0 aliphatic heterocycles. The van der Waals surface area contributed by atoms with E-state index in [2.05, 4.69) is 10.5 Å². The van der Waals surface area contributed by atoms with Gasteiger partial charge in [-0.15, -0.1) is 0 Å². The van der Waals surface area contributed by atoms with Crippen LogP contribution in [0.1, 0.15) is 43.6 Å². The summed E-state index contributed by atoms with van der Waals surface area (Å²) in [5, 5.41) is 16.4. The molecule has 0 fully saturated rings. The normalized spacial score (nSPS) is 12.1. The molecule has 2 N–H and O–H groups in total. The molecule has 0 saturated carbocycles. The Morgan fingerprint density at radius 3 is 2.41 bits per heavy atom. The SMILES string of the molecule is COc1cn([C@@H](CCOC(C)(C)C)C(=O)Nc2ccc(C(=O)O)cc2)c(=O)cc1-c1cc(Cl)ccc1-c1ccon1. The molecule has 0 unspecified atom stereocenters. The van der Waals surface area contributed by atoms with Crippen LogP contribution in [0.25, 0.3) is 22.4 Å². The second kappa shape index (κ2) is 12.4. The fourth-order valence-electron chi connectivity index (χ4n) is 4.25. The highest BCUT2D eigenvalue weighted by Crippen LogP contribution is 2.38. The number of ether oxygens (including phenoxy) is 2. The van der Waals surface area contributed by atoms with Crippen LogP contribution in [0, 0.1) is 0 Å². The summed E-state index contributed by atoms with van der Waals surface area (Å²) in [4.78, 5) is 38.3. The summed E-state index contributed by atoms with van der Waals surface area (Å²) in [6.07, 6.45) is 3.11. The van der Waals surface area contributed by atoms with E-state index >= 15 is 0 Å². The molecule has 4 aromatic rings. The molecular weight excluding hydrogens is 550 g/mol. The van der Waals surface area contributed by atoms with Crippen molar-refractivity contribution in [2.45, 2.75) is 38.8 Å². The minimum Gasteiger partial charge on any atom is -0.495 e. The number of hydrogen-bond acceptors (Lipinski definition) is 7. The van der Waals surface area contributed by atoms with Gasteiger partial charge >= 0.3 is 5.97 Å². The third-order valence-corrected chi connectivity index (χ3v) is 6.45. The van der Waals surface area contributed by atoms with Gasteiger partial charge in [0.05, 0.1) is 24.5 Å². The van der Waals surface area contributed by atoms with Crippen molar-refractivity contribution < 1.29 is 28.7 Å². The van der Waals surface area contributed by atoms with Gasteiger partial charge < -0.3 is 24.4 Å². The molecule has 2 aromatic heterocycles. The van der Waals surface area contributed by atoms with Crippen LogP contribution in [0.4, 0.5) is 5.69 Å². The number of nitrogens with zero attached hydrogens (tertiary/aromatic N) is 2. The van der Waals surface area contributed by atoms with Crippen molar-refractivity contribution in [2.24, 2.45) is 0 Å². The number of hydrogen-bond donors (Lipinski definition) is 2. The Bertz CT molecular complexity index is 1590. The van der Waals surface area contributed by atoms with Gasteiger partial charge in [0.2, 0.25) is 5.91 Å². The molecule has 2 heterocycles. The van der Waals surface area contributed by atoms with Crippen molar-refractivity contribution in [1.29, 1.82) is 0 Å². The Hall–Kier alpha value is -4.41. The van der Waals surface area contributed by atoms with Gasteiger partial charge in [-0.2, -0.15) is 0 Å². The van der Waals surface area contributed by atoms with Crippen LogP contribution in [-0.2, 0) is 9.53 Å². The summed E-state index contributed by atoms with van der Waals surface area (Å²) < 4.78 is 17.9. The van der Waals surface area contributed by atoms with Gasteiger partial charge in [0, 0.05) is 47.0 Å². The molecule has 214 valence electrons. The van der Waals surface area contributed by atoms with Gasteiger partial charge in [-0.1, -0.05) is 22.8 Å². The zero-order valence-corrected chi connectivity index (χ0v) is 23.8. The lowest BCUT2D eigenvalue weighted by Crippen LogP contribution is -2.34. The van der Waals surface area contributed by atoms with E-state index in [9.17, 15) is 14.4 Å². The average Bonchev–Trinajstić information content (AvgIpc) is 3.46. The van der Waals surface area contributed by atoms with E-state index in [0.29, 0.717) is 38.8 Å². The number of methoxy groups -OCH3 is 1. The minimum atomic E-state index is -1.08. The first-order valence-corrected chi connectivity index (χ1v) is 13.1. The van der Waals surface area contributed by atoms with Crippen LogP contribution in [0.5, 0.6) is 5.75 Å². The van der Waals surface area contributed by atoms with Crippen LogP contribution < -0.4 is 15.6 Å². The fourth-order valence-corrected chi connectivity index (χ4v) is 4.43. The first-order valence-electron chi connectivity index (χ1n) is 12.8. The van der Waals surface area contributed by atoms with Gasteiger partial charge in [0.25, 0.3) is 5.56 Å². The lowest BCUT2D eigenvalue weighted by molar-refractivity contribution is -0.120. The number of nitrogens with one attached hydrogen (secondary N) is 1. The molecule has 0 aliphatic rings. The summed E-state index contributed by atoms with van der Waals surface area (Å²) in [5.41, 5.74) is 1.85. The standard InChI is InChI=1S/C30H30ClN3O7/c1-30(2,3)40-13-12-25(28(36)32-20-8-5-18(6-9-20)29(37)38)34-17-26(39-4)23(16-27(34)35)22-15-19(31)7-10-21(22)24-11-14-41-33-24/h5-11,14-17,25H,12-13H2,1-4H3,(H,32,36)(H,37,38)/t25-/m0/s1. The molecule has 1 atom stereocenters. The number of benzene rings is 2. The number of carbonyl (C=O) groups excluding carboxylic acids is 1. The van der Waals surface area contributed by atoms with Gasteiger partial charge in [0.15, 0.2) is 0 Å². The average molecular weight is 580 g/mol. The maximum absolute atomic E-state index is 13.6. The number of anilines is 1. The summed E-state index contributed by atoms with van der Waals surface area (Å²) in [6, 6.07) is 13.0. The Labute approximate surface area is 241 Å². The maximum Gasteiger partial charge on any atom is 0.335 e. The van der Waals surface area contributed by atoms with Crippen molar-refractivity contribution >= 4 is 29.2 Å². The third-order valence-electron chi connectivity index (χ3n) is 6.21. The van der Waals surface area contributed by atoms with E-state index in [1.165, 1.54) is 54.5 Å². The van der Waals surface area contributed by atoms with Crippen molar-refractivity contribution in [1.82, 2.24) is 9.72 Å². The van der Waals surface area contributed by atoms with Gasteiger partial charge in [-0.25, -0.2) is 4.79 Å². The Morgan fingerprint density at radius 1 is 1.07 bits per heavy atom. The number of aromatic nitrogens is 2. The highest BCUT2D eigenvalue weighted by atomic mass is 35.5. The highest BCUT2D eigenvalue weighted by molar-refractivity contribution is 6.31. The number of halogens is 1. The molecule has 0 aliphatic carbocycles. The van der Waals surface area contributed by atoms with Crippen molar-refractivity contribution in [2.75, 3.05) is 19.0 Å². The van der Waals surface area contributed by atoms with Crippen LogP contribution in [0.3, 0.4) is 0 Å². The van der Waals surface area contributed by atoms with Crippen molar-refractivity contribution in [3.63, 3.8) is 0 Å². The van der Waals surface area contributed by atoms with Crippen molar-refractivity contribution in [3.8, 4) is 28.1 Å². The van der Waals surface area contributed by atoms with E-state index in [0.717, 1.165) is 0 Å². The highest BCUT2D eigenvalue weighted by Gasteiger charge is 2.25. The third kappa shape index (κ3) is 7.22. The molecule has 41 heavy (non-hydrogen) atoms. The van der Waals surface area contributed by atoms with E-state index in [1.807, 2.05) is 20.8 Å². The molecule has 4 rings (SSSR count). The van der Waals surface area contributed by atoms with Gasteiger partial charge in [-0.3, -0.25) is 14.2 Å². The Morgan fingerprint density at radius 2 is 1.80 bits per heavy atom. The number of amides is 1. The predicted molar refractivity (Wildman–Crippen MR) is 155 cm³/mol. The van der Waals surface area contributed by atoms with E-state index < -0.39 is 29.1 Å². The largest absolute Gasteiger partial charge is 0.495 e. The topological polar surface area (TPSA) is 133 Å². The summed E-state index contributed by atoms with van der Waals surface area (Å²) in [5.74, 6) is -1.23. The minimum absolute atomic E-state index is 0.0840. The second-order valence-corrected chi connectivity index (χ2v) is 10.6. The van der Waals surface area contributed by atoms with E-state index in [1.54, 1.807) is 24.3 Å².